The topological polar surface area (TPSA) is 9.23 Å². The molecule has 1 aromatic carbocycles. The zero-order valence-electron chi connectivity index (χ0n) is 15.4. The Bertz CT molecular complexity index is 498. The molecule has 4 unspecified atom stereocenters. The maximum Gasteiger partial charge on any atom is 0.139 e. The van der Waals surface area contributed by atoms with Gasteiger partial charge in [-0.3, -0.25) is 0 Å². The van der Waals surface area contributed by atoms with E-state index in [4.69, 9.17) is 4.74 Å². The monoisotopic (exact) mass is 300 g/mol. The first-order valence-corrected chi connectivity index (χ1v) is 9.07. The third-order valence-electron chi connectivity index (χ3n) is 5.85. The third kappa shape index (κ3) is 3.52. The van der Waals surface area contributed by atoms with Gasteiger partial charge >= 0.3 is 0 Å². The maximum absolute atomic E-state index is 5.76. The molecule has 1 nitrogen and oxygen atoms in total. The highest BCUT2D eigenvalue weighted by molar-refractivity contribution is 6.32. The molecule has 0 aromatic heterocycles. The van der Waals surface area contributed by atoms with Gasteiger partial charge in [0.25, 0.3) is 0 Å². The Balaban J connectivity index is 2.53. The molecule has 1 fully saturated rings. The molecule has 0 radical (unpaired) electrons. The van der Waals surface area contributed by atoms with E-state index in [2.05, 4.69) is 53.7 Å². The lowest BCUT2D eigenvalue weighted by Crippen LogP contribution is -2.31. The number of hydrogen-bond acceptors (Lipinski definition) is 1. The maximum atomic E-state index is 5.76. The summed E-state index contributed by atoms with van der Waals surface area (Å²) in [7, 11) is 4.02. The molecular weight excluding hydrogens is 267 g/mol. The molecule has 1 aliphatic carbocycles. The molecule has 1 aromatic rings. The van der Waals surface area contributed by atoms with Gasteiger partial charge in [-0.2, -0.15) is 0 Å². The van der Waals surface area contributed by atoms with Crippen molar-refractivity contribution in [1.82, 2.24) is 0 Å². The number of rotatable bonds is 4. The van der Waals surface area contributed by atoms with Crippen LogP contribution in [0.3, 0.4) is 0 Å². The Morgan fingerprint density at radius 2 is 1.91 bits per heavy atom. The highest BCUT2D eigenvalue weighted by Gasteiger charge is 2.40. The van der Waals surface area contributed by atoms with E-state index in [1.54, 1.807) is 0 Å². The van der Waals surface area contributed by atoms with E-state index in [0.717, 1.165) is 23.5 Å². The Morgan fingerprint density at radius 1 is 1.18 bits per heavy atom. The second-order valence-corrected chi connectivity index (χ2v) is 7.94. The Labute approximate surface area is 138 Å². The van der Waals surface area contributed by atoms with E-state index in [-0.39, 0.29) is 5.41 Å². The van der Waals surface area contributed by atoms with Gasteiger partial charge in [0.1, 0.15) is 13.6 Å². The molecule has 0 aliphatic heterocycles. The van der Waals surface area contributed by atoms with Crippen LogP contribution in [0.2, 0.25) is 0 Å². The summed E-state index contributed by atoms with van der Waals surface area (Å²) in [6.07, 6.45) is 6.47. The van der Waals surface area contributed by atoms with Gasteiger partial charge in [0.05, 0.1) is 7.11 Å². The second kappa shape index (κ2) is 7.11. The zero-order chi connectivity index (χ0) is 16.3. The molecule has 0 spiro atoms. The molecule has 0 bridgehead atoms. The highest BCUT2D eigenvalue weighted by atomic mass is 16.5. The SMILES string of the molecule is Bc1ccc(OC)c(C2(CCC)CC(C)CC(C)C(C)C2)c1. The van der Waals surface area contributed by atoms with Crippen LogP contribution < -0.4 is 10.2 Å². The summed E-state index contributed by atoms with van der Waals surface area (Å²) >= 11 is 0. The highest BCUT2D eigenvalue weighted by Crippen LogP contribution is 2.49. The van der Waals surface area contributed by atoms with E-state index in [1.807, 2.05) is 7.11 Å². The van der Waals surface area contributed by atoms with Crippen molar-refractivity contribution in [2.75, 3.05) is 7.11 Å². The summed E-state index contributed by atoms with van der Waals surface area (Å²) < 4.78 is 5.76. The van der Waals surface area contributed by atoms with Gasteiger partial charge in [0, 0.05) is 0 Å². The van der Waals surface area contributed by atoms with E-state index in [9.17, 15) is 0 Å². The summed E-state index contributed by atoms with van der Waals surface area (Å²) in [5.41, 5.74) is 3.10. The largest absolute Gasteiger partial charge is 0.496 e. The average Bonchev–Trinajstić information content (AvgIpc) is 2.56. The molecule has 22 heavy (non-hydrogen) atoms. The lowest BCUT2D eigenvalue weighted by Gasteiger charge is -2.38. The number of methoxy groups -OCH3 is 1. The van der Waals surface area contributed by atoms with Gasteiger partial charge in [0.15, 0.2) is 0 Å². The van der Waals surface area contributed by atoms with Crippen molar-refractivity contribution >= 4 is 13.3 Å². The van der Waals surface area contributed by atoms with E-state index < -0.39 is 0 Å². The molecule has 122 valence electrons. The minimum Gasteiger partial charge on any atom is -0.496 e. The first-order valence-electron chi connectivity index (χ1n) is 9.07. The molecule has 0 heterocycles. The summed E-state index contributed by atoms with van der Waals surface area (Å²) in [6.45, 7) is 9.67. The van der Waals surface area contributed by atoms with Gasteiger partial charge in [-0.05, 0) is 60.5 Å². The van der Waals surface area contributed by atoms with E-state index >= 15 is 0 Å². The number of benzene rings is 1. The minimum absolute atomic E-state index is 0.287. The van der Waals surface area contributed by atoms with Crippen molar-refractivity contribution in [3.8, 4) is 5.75 Å². The zero-order valence-corrected chi connectivity index (χ0v) is 15.4. The van der Waals surface area contributed by atoms with Crippen molar-refractivity contribution in [2.24, 2.45) is 17.8 Å². The second-order valence-electron chi connectivity index (χ2n) is 7.94. The fourth-order valence-electron chi connectivity index (χ4n) is 4.79. The van der Waals surface area contributed by atoms with Crippen molar-refractivity contribution in [1.29, 1.82) is 0 Å². The van der Waals surface area contributed by atoms with Crippen molar-refractivity contribution in [3.05, 3.63) is 23.8 Å². The Morgan fingerprint density at radius 3 is 2.55 bits per heavy atom. The van der Waals surface area contributed by atoms with Crippen LogP contribution in [-0.4, -0.2) is 15.0 Å². The minimum atomic E-state index is 0.287. The van der Waals surface area contributed by atoms with Crippen molar-refractivity contribution in [2.45, 2.75) is 65.2 Å². The van der Waals surface area contributed by atoms with Crippen LogP contribution in [0.25, 0.3) is 0 Å². The smallest absolute Gasteiger partial charge is 0.139 e. The third-order valence-corrected chi connectivity index (χ3v) is 5.85. The lowest BCUT2D eigenvalue weighted by molar-refractivity contribution is 0.262. The van der Waals surface area contributed by atoms with Crippen LogP contribution in [-0.2, 0) is 5.41 Å². The first-order chi connectivity index (χ1) is 10.4. The molecule has 1 aliphatic rings. The van der Waals surface area contributed by atoms with Crippen LogP contribution in [0, 0.1) is 17.8 Å². The molecule has 1 saturated carbocycles. The molecule has 4 atom stereocenters. The standard InChI is InChI=1S/C20H33BO/c1-6-9-20(12-14(2)10-15(3)16(4)13-20)18-11-17(21)7-8-19(18)22-5/h7-8,11,14-16H,6,9-10,12-13,21H2,1-5H3. The van der Waals surface area contributed by atoms with Gasteiger partial charge in [0.2, 0.25) is 0 Å². The van der Waals surface area contributed by atoms with E-state index in [1.165, 1.54) is 43.1 Å². The summed E-state index contributed by atoms with van der Waals surface area (Å²) in [5.74, 6) is 3.48. The average molecular weight is 300 g/mol. The van der Waals surface area contributed by atoms with Gasteiger partial charge in [-0.25, -0.2) is 0 Å². The van der Waals surface area contributed by atoms with Crippen LogP contribution in [0.4, 0.5) is 0 Å². The molecule has 0 N–H and O–H groups in total. The van der Waals surface area contributed by atoms with Gasteiger partial charge < -0.3 is 4.74 Å². The summed E-state index contributed by atoms with van der Waals surface area (Å²) in [6, 6.07) is 6.74. The molecule has 0 amide bonds. The molecule has 2 rings (SSSR count). The predicted molar refractivity (Wildman–Crippen MR) is 99.1 cm³/mol. The summed E-state index contributed by atoms with van der Waals surface area (Å²) in [4.78, 5) is 0. The number of ether oxygens (including phenoxy) is 1. The molecular formula is C20H33BO. The lowest BCUT2D eigenvalue weighted by atomic mass is 9.67. The van der Waals surface area contributed by atoms with E-state index in [0.29, 0.717) is 0 Å². The number of hydrogen-bond donors (Lipinski definition) is 0. The van der Waals surface area contributed by atoms with Crippen molar-refractivity contribution in [3.63, 3.8) is 0 Å². The normalized spacial score (nSPS) is 32.5. The van der Waals surface area contributed by atoms with Crippen molar-refractivity contribution < 1.29 is 4.74 Å². The first kappa shape index (κ1) is 17.4. The van der Waals surface area contributed by atoms with Crippen LogP contribution in [0.5, 0.6) is 5.75 Å². The molecule has 0 saturated heterocycles. The van der Waals surface area contributed by atoms with Crippen LogP contribution >= 0.6 is 0 Å². The van der Waals surface area contributed by atoms with Gasteiger partial charge in [-0.1, -0.05) is 51.7 Å². The van der Waals surface area contributed by atoms with Crippen LogP contribution in [0.1, 0.15) is 65.4 Å². The quantitative estimate of drug-likeness (QED) is 0.601. The fraction of sp³-hybridized carbons (Fsp3) is 0.700. The van der Waals surface area contributed by atoms with Crippen LogP contribution in [0.15, 0.2) is 18.2 Å². The van der Waals surface area contributed by atoms with Gasteiger partial charge in [-0.15, -0.1) is 0 Å². The summed E-state index contributed by atoms with van der Waals surface area (Å²) in [5, 5.41) is 0. The Hall–Kier alpha value is -0.915. The predicted octanol–water partition coefficient (Wildman–Crippen LogP) is 4.08. The fourth-order valence-corrected chi connectivity index (χ4v) is 4.79. The molecule has 2 heteroatoms. The Kier molecular flexibility index (Phi) is 5.63.